The Balaban J connectivity index is 2.18. The molecule has 0 saturated heterocycles. The van der Waals surface area contributed by atoms with Gasteiger partial charge in [-0.1, -0.05) is 25.1 Å². The summed E-state index contributed by atoms with van der Waals surface area (Å²) in [4.78, 5) is 12.8. The standard InChI is InChI=1S/C17H12BrFO2/c1-2-14-16(11-5-3-4-6-15(11)21-14)17(20)10-7-8-13(19)12(18)9-10/h3-9H,2H2,1H3. The van der Waals surface area contributed by atoms with Gasteiger partial charge in [0.1, 0.15) is 17.2 Å². The normalized spacial score (nSPS) is 11.0. The van der Waals surface area contributed by atoms with Crippen LogP contribution in [0.2, 0.25) is 0 Å². The molecule has 106 valence electrons. The number of hydrogen-bond donors (Lipinski definition) is 0. The molecule has 0 N–H and O–H groups in total. The number of carbonyl (C=O) groups is 1. The monoisotopic (exact) mass is 346 g/mol. The first-order valence-electron chi connectivity index (χ1n) is 6.62. The number of para-hydroxylation sites is 1. The van der Waals surface area contributed by atoms with Gasteiger partial charge in [0, 0.05) is 17.4 Å². The molecule has 0 spiro atoms. The zero-order chi connectivity index (χ0) is 15.0. The molecule has 0 aliphatic carbocycles. The van der Waals surface area contributed by atoms with E-state index < -0.39 is 0 Å². The Morgan fingerprint density at radius 3 is 2.71 bits per heavy atom. The Kier molecular flexibility index (Phi) is 3.64. The van der Waals surface area contributed by atoms with Gasteiger partial charge in [-0.15, -0.1) is 0 Å². The van der Waals surface area contributed by atoms with Gasteiger partial charge in [0.15, 0.2) is 5.78 Å². The van der Waals surface area contributed by atoms with Gasteiger partial charge in [0.05, 0.1) is 10.0 Å². The SMILES string of the molecule is CCc1oc2ccccc2c1C(=O)c1ccc(F)c(Br)c1. The molecular formula is C17H12BrFO2. The van der Waals surface area contributed by atoms with Crippen molar-refractivity contribution in [2.45, 2.75) is 13.3 Å². The van der Waals surface area contributed by atoms with Crippen LogP contribution in [-0.4, -0.2) is 5.78 Å². The fourth-order valence-electron chi connectivity index (χ4n) is 2.38. The summed E-state index contributed by atoms with van der Waals surface area (Å²) in [5.41, 5.74) is 1.69. The molecule has 3 aromatic rings. The van der Waals surface area contributed by atoms with Gasteiger partial charge in [-0.3, -0.25) is 4.79 Å². The lowest BCUT2D eigenvalue weighted by atomic mass is 9.99. The predicted octanol–water partition coefficient (Wildman–Crippen LogP) is 5.13. The van der Waals surface area contributed by atoms with Crippen molar-refractivity contribution in [1.29, 1.82) is 0 Å². The van der Waals surface area contributed by atoms with Crippen LogP contribution in [0.5, 0.6) is 0 Å². The minimum atomic E-state index is -0.390. The number of aryl methyl sites for hydroxylation is 1. The van der Waals surface area contributed by atoms with Gasteiger partial charge in [-0.2, -0.15) is 0 Å². The van der Waals surface area contributed by atoms with E-state index in [2.05, 4.69) is 15.9 Å². The van der Waals surface area contributed by atoms with E-state index in [4.69, 9.17) is 4.42 Å². The van der Waals surface area contributed by atoms with Crippen molar-refractivity contribution in [3.05, 3.63) is 69.6 Å². The third kappa shape index (κ3) is 2.40. The van der Waals surface area contributed by atoms with E-state index >= 15 is 0 Å². The maximum atomic E-state index is 13.3. The average molecular weight is 347 g/mol. The molecule has 0 fully saturated rings. The molecule has 1 aromatic heterocycles. The maximum Gasteiger partial charge on any atom is 0.197 e. The third-order valence-corrected chi connectivity index (χ3v) is 4.01. The highest BCUT2D eigenvalue weighted by atomic mass is 79.9. The molecule has 0 aliphatic rings. The van der Waals surface area contributed by atoms with Crippen molar-refractivity contribution in [2.24, 2.45) is 0 Å². The van der Waals surface area contributed by atoms with Crippen LogP contribution in [0.3, 0.4) is 0 Å². The number of benzene rings is 2. The molecule has 0 amide bonds. The van der Waals surface area contributed by atoms with Crippen molar-refractivity contribution >= 4 is 32.7 Å². The van der Waals surface area contributed by atoms with Gasteiger partial charge in [0.2, 0.25) is 0 Å². The molecule has 0 radical (unpaired) electrons. The molecule has 21 heavy (non-hydrogen) atoms. The van der Waals surface area contributed by atoms with Crippen LogP contribution in [0.1, 0.15) is 28.6 Å². The smallest absolute Gasteiger partial charge is 0.197 e. The Labute approximate surface area is 129 Å². The van der Waals surface area contributed by atoms with Crippen molar-refractivity contribution in [3.8, 4) is 0 Å². The predicted molar refractivity (Wildman–Crippen MR) is 83.1 cm³/mol. The van der Waals surface area contributed by atoms with Crippen molar-refractivity contribution in [2.75, 3.05) is 0 Å². The highest BCUT2D eigenvalue weighted by Gasteiger charge is 2.21. The number of carbonyl (C=O) groups excluding carboxylic acids is 1. The Hall–Kier alpha value is -1.94. The molecule has 0 atom stereocenters. The zero-order valence-electron chi connectivity index (χ0n) is 11.3. The minimum Gasteiger partial charge on any atom is -0.460 e. The fraction of sp³-hybridized carbons (Fsp3) is 0.118. The summed E-state index contributed by atoms with van der Waals surface area (Å²) in [6.45, 7) is 1.94. The summed E-state index contributed by atoms with van der Waals surface area (Å²) < 4.78 is 19.3. The lowest BCUT2D eigenvalue weighted by Gasteiger charge is -2.03. The first-order valence-corrected chi connectivity index (χ1v) is 7.41. The minimum absolute atomic E-state index is 0.155. The molecule has 4 heteroatoms. The largest absolute Gasteiger partial charge is 0.460 e. The molecular weight excluding hydrogens is 335 g/mol. The highest BCUT2D eigenvalue weighted by molar-refractivity contribution is 9.10. The topological polar surface area (TPSA) is 30.2 Å². The molecule has 2 aromatic carbocycles. The van der Waals surface area contributed by atoms with E-state index in [1.807, 2.05) is 31.2 Å². The molecule has 3 rings (SSSR count). The molecule has 0 saturated carbocycles. The van der Waals surface area contributed by atoms with Crippen LogP contribution in [0.25, 0.3) is 11.0 Å². The second-order valence-electron chi connectivity index (χ2n) is 4.71. The van der Waals surface area contributed by atoms with Crippen molar-refractivity contribution in [1.82, 2.24) is 0 Å². The van der Waals surface area contributed by atoms with Crippen LogP contribution in [-0.2, 0) is 6.42 Å². The lowest BCUT2D eigenvalue weighted by Crippen LogP contribution is -2.03. The van der Waals surface area contributed by atoms with Crippen molar-refractivity contribution in [3.63, 3.8) is 0 Å². The lowest BCUT2D eigenvalue weighted by molar-refractivity contribution is 0.103. The summed E-state index contributed by atoms with van der Waals surface area (Å²) in [6.07, 6.45) is 0.623. The highest BCUT2D eigenvalue weighted by Crippen LogP contribution is 2.29. The molecule has 0 bridgehead atoms. The number of fused-ring (bicyclic) bond motifs is 1. The van der Waals surface area contributed by atoms with Gasteiger partial charge >= 0.3 is 0 Å². The Morgan fingerprint density at radius 2 is 2.00 bits per heavy atom. The maximum absolute atomic E-state index is 13.3. The van der Waals surface area contributed by atoms with E-state index in [0.29, 0.717) is 28.9 Å². The Morgan fingerprint density at radius 1 is 1.24 bits per heavy atom. The number of rotatable bonds is 3. The van der Waals surface area contributed by atoms with Crippen LogP contribution >= 0.6 is 15.9 Å². The van der Waals surface area contributed by atoms with Crippen LogP contribution in [0.15, 0.2) is 51.4 Å². The summed E-state index contributed by atoms with van der Waals surface area (Å²) in [7, 11) is 0. The Bertz CT molecular complexity index is 836. The van der Waals surface area contributed by atoms with Crippen LogP contribution in [0, 0.1) is 5.82 Å². The quantitative estimate of drug-likeness (QED) is 0.615. The van der Waals surface area contributed by atoms with E-state index in [0.717, 1.165) is 5.39 Å². The third-order valence-electron chi connectivity index (χ3n) is 3.40. The van der Waals surface area contributed by atoms with Gasteiger partial charge in [0.25, 0.3) is 0 Å². The molecule has 0 aliphatic heterocycles. The number of halogens is 2. The summed E-state index contributed by atoms with van der Waals surface area (Å²) >= 11 is 3.11. The fourth-order valence-corrected chi connectivity index (χ4v) is 2.75. The first-order chi connectivity index (χ1) is 10.1. The average Bonchev–Trinajstić information content (AvgIpc) is 2.87. The van der Waals surface area contributed by atoms with Crippen LogP contribution < -0.4 is 0 Å². The molecule has 2 nitrogen and oxygen atoms in total. The summed E-state index contributed by atoms with van der Waals surface area (Å²) in [6, 6.07) is 11.7. The molecule has 1 heterocycles. The van der Waals surface area contributed by atoms with E-state index in [1.54, 1.807) is 0 Å². The zero-order valence-corrected chi connectivity index (χ0v) is 12.9. The number of furan rings is 1. The van der Waals surface area contributed by atoms with E-state index in [1.165, 1.54) is 18.2 Å². The summed E-state index contributed by atoms with van der Waals surface area (Å²) in [5.74, 6) is 0.110. The van der Waals surface area contributed by atoms with E-state index in [-0.39, 0.29) is 16.1 Å². The van der Waals surface area contributed by atoms with Crippen LogP contribution in [0.4, 0.5) is 4.39 Å². The second-order valence-corrected chi connectivity index (χ2v) is 5.56. The number of hydrogen-bond acceptors (Lipinski definition) is 2. The van der Waals surface area contributed by atoms with E-state index in [9.17, 15) is 9.18 Å². The van der Waals surface area contributed by atoms with Crippen molar-refractivity contribution < 1.29 is 13.6 Å². The van der Waals surface area contributed by atoms with Gasteiger partial charge < -0.3 is 4.42 Å². The van der Waals surface area contributed by atoms with Gasteiger partial charge in [-0.25, -0.2) is 4.39 Å². The summed E-state index contributed by atoms with van der Waals surface area (Å²) in [5, 5.41) is 0.791. The second kappa shape index (κ2) is 5.45. The first kappa shape index (κ1) is 14.0. The number of ketones is 1. The van der Waals surface area contributed by atoms with Gasteiger partial charge in [-0.05, 0) is 40.2 Å². The molecule has 0 unspecified atom stereocenters.